The van der Waals surface area contributed by atoms with Gasteiger partial charge in [0.25, 0.3) is 0 Å². The third kappa shape index (κ3) is 2.21. The Balaban J connectivity index is 2.23. The van der Waals surface area contributed by atoms with Gasteiger partial charge in [-0.1, -0.05) is 6.92 Å². The molecule has 0 unspecified atom stereocenters. The van der Waals surface area contributed by atoms with Crippen molar-refractivity contribution in [3.63, 3.8) is 0 Å². The molecule has 0 radical (unpaired) electrons. The second kappa shape index (κ2) is 4.74. The maximum atomic E-state index is 12.0. The van der Waals surface area contributed by atoms with Gasteiger partial charge in [-0.2, -0.15) is 0 Å². The van der Waals surface area contributed by atoms with Crippen molar-refractivity contribution in [3.8, 4) is 0 Å². The van der Waals surface area contributed by atoms with Crippen LogP contribution in [0.15, 0.2) is 0 Å². The third-order valence-electron chi connectivity index (χ3n) is 3.74. The van der Waals surface area contributed by atoms with Gasteiger partial charge in [-0.15, -0.1) is 0 Å². The quantitative estimate of drug-likeness (QED) is 0.707. The molecule has 96 valence electrons. The van der Waals surface area contributed by atoms with Gasteiger partial charge in [0.2, 0.25) is 11.8 Å². The van der Waals surface area contributed by atoms with E-state index in [1.807, 2.05) is 6.92 Å². The van der Waals surface area contributed by atoms with Crippen LogP contribution < -0.4 is 0 Å². The fourth-order valence-corrected chi connectivity index (χ4v) is 2.72. The van der Waals surface area contributed by atoms with Gasteiger partial charge in [0.15, 0.2) is 0 Å². The highest BCUT2D eigenvalue weighted by Gasteiger charge is 2.46. The molecule has 0 aromatic heterocycles. The van der Waals surface area contributed by atoms with Gasteiger partial charge in [-0.3, -0.25) is 14.5 Å². The molecule has 2 rings (SSSR count). The van der Waals surface area contributed by atoms with Crippen molar-refractivity contribution in [1.29, 1.82) is 0 Å². The molecular weight excluding hydrogens is 222 g/mol. The molecule has 1 N–H and O–H groups in total. The summed E-state index contributed by atoms with van der Waals surface area (Å²) < 4.78 is 5.25. The van der Waals surface area contributed by atoms with Crippen molar-refractivity contribution in [2.75, 3.05) is 19.8 Å². The van der Waals surface area contributed by atoms with Crippen LogP contribution in [0, 0.1) is 5.92 Å². The molecule has 0 atom stereocenters. The Morgan fingerprint density at radius 2 is 1.82 bits per heavy atom. The van der Waals surface area contributed by atoms with Crippen LogP contribution in [0.5, 0.6) is 0 Å². The summed E-state index contributed by atoms with van der Waals surface area (Å²) >= 11 is 0. The van der Waals surface area contributed by atoms with Crippen molar-refractivity contribution in [2.45, 2.75) is 38.1 Å². The van der Waals surface area contributed by atoms with Gasteiger partial charge in [0.1, 0.15) is 0 Å². The number of aliphatic hydroxyl groups is 1. The van der Waals surface area contributed by atoms with Crippen molar-refractivity contribution in [3.05, 3.63) is 0 Å². The highest BCUT2D eigenvalue weighted by molar-refractivity contribution is 5.98. The number of hydrogen-bond donors (Lipinski definition) is 1. The third-order valence-corrected chi connectivity index (χ3v) is 3.74. The lowest BCUT2D eigenvalue weighted by Gasteiger charge is -2.46. The minimum Gasteiger partial charge on any atom is -0.394 e. The first-order valence-corrected chi connectivity index (χ1v) is 6.13. The summed E-state index contributed by atoms with van der Waals surface area (Å²) in [5.41, 5.74) is -0.716. The minimum atomic E-state index is -0.716. The lowest BCUT2D eigenvalue weighted by atomic mass is 9.85. The van der Waals surface area contributed by atoms with E-state index in [0.717, 1.165) is 0 Å². The first-order chi connectivity index (χ1) is 8.09. The maximum absolute atomic E-state index is 12.0. The molecule has 2 aliphatic heterocycles. The van der Waals surface area contributed by atoms with E-state index >= 15 is 0 Å². The zero-order valence-electron chi connectivity index (χ0n) is 10.1. The highest BCUT2D eigenvalue weighted by atomic mass is 16.5. The second-order valence-electron chi connectivity index (χ2n) is 5.13. The molecule has 0 aromatic rings. The van der Waals surface area contributed by atoms with E-state index in [1.165, 1.54) is 4.90 Å². The number of amides is 2. The number of carbonyl (C=O) groups excluding carboxylic acids is 2. The zero-order chi connectivity index (χ0) is 12.5. The van der Waals surface area contributed by atoms with E-state index in [4.69, 9.17) is 4.74 Å². The number of ether oxygens (including phenoxy) is 1. The highest BCUT2D eigenvalue weighted by Crippen LogP contribution is 2.33. The standard InChI is InChI=1S/C12H19NO4/c1-9-6-10(15)13(11(16)7-9)12(8-14)2-4-17-5-3-12/h9,14H,2-8H2,1H3. The number of aliphatic hydroxyl groups excluding tert-OH is 1. The fraction of sp³-hybridized carbons (Fsp3) is 0.833. The number of imide groups is 1. The molecule has 2 amide bonds. The SMILES string of the molecule is CC1CC(=O)N(C2(CO)CCOCC2)C(=O)C1. The van der Waals surface area contributed by atoms with E-state index in [1.54, 1.807) is 0 Å². The first-order valence-electron chi connectivity index (χ1n) is 6.13. The van der Waals surface area contributed by atoms with Gasteiger partial charge in [-0.05, 0) is 18.8 Å². The molecule has 0 bridgehead atoms. The fourth-order valence-electron chi connectivity index (χ4n) is 2.72. The molecule has 17 heavy (non-hydrogen) atoms. The molecule has 0 aromatic carbocycles. The maximum Gasteiger partial charge on any atom is 0.230 e. The summed E-state index contributed by atoms with van der Waals surface area (Å²) in [5, 5.41) is 9.59. The molecular formula is C12H19NO4. The summed E-state index contributed by atoms with van der Waals surface area (Å²) in [5.74, 6) is -0.184. The molecule has 2 fully saturated rings. The largest absolute Gasteiger partial charge is 0.394 e. The van der Waals surface area contributed by atoms with E-state index < -0.39 is 5.54 Å². The van der Waals surface area contributed by atoms with Gasteiger partial charge < -0.3 is 9.84 Å². The van der Waals surface area contributed by atoms with E-state index in [-0.39, 0.29) is 24.3 Å². The minimum absolute atomic E-state index is 0.113. The Hall–Kier alpha value is -0.940. The van der Waals surface area contributed by atoms with Crippen LogP contribution in [-0.4, -0.2) is 47.2 Å². The van der Waals surface area contributed by atoms with E-state index in [2.05, 4.69) is 0 Å². The average molecular weight is 241 g/mol. The van der Waals surface area contributed by atoms with Crippen LogP contribution >= 0.6 is 0 Å². The van der Waals surface area contributed by atoms with Crippen LogP contribution in [0.1, 0.15) is 32.6 Å². The van der Waals surface area contributed by atoms with Crippen molar-refractivity contribution < 1.29 is 19.4 Å². The Morgan fingerprint density at radius 1 is 1.29 bits per heavy atom. The van der Waals surface area contributed by atoms with Crippen LogP contribution in [-0.2, 0) is 14.3 Å². The van der Waals surface area contributed by atoms with Crippen LogP contribution in [0.4, 0.5) is 0 Å². The smallest absolute Gasteiger partial charge is 0.230 e. The molecule has 0 aliphatic carbocycles. The topological polar surface area (TPSA) is 66.8 Å². The number of rotatable bonds is 2. The number of piperidine rings is 1. The lowest BCUT2D eigenvalue weighted by molar-refractivity contribution is -0.165. The Labute approximate surface area is 101 Å². The average Bonchev–Trinajstić information content (AvgIpc) is 2.28. The molecule has 5 nitrogen and oxygen atoms in total. The number of hydrogen-bond acceptors (Lipinski definition) is 4. The Kier molecular flexibility index (Phi) is 3.49. The van der Waals surface area contributed by atoms with Crippen molar-refractivity contribution in [2.24, 2.45) is 5.92 Å². The van der Waals surface area contributed by atoms with Crippen LogP contribution in [0.2, 0.25) is 0 Å². The molecule has 2 saturated heterocycles. The van der Waals surface area contributed by atoms with Crippen LogP contribution in [0.25, 0.3) is 0 Å². The Morgan fingerprint density at radius 3 is 2.29 bits per heavy atom. The van der Waals surface area contributed by atoms with Gasteiger partial charge in [-0.25, -0.2) is 0 Å². The zero-order valence-corrected chi connectivity index (χ0v) is 10.1. The van der Waals surface area contributed by atoms with Gasteiger partial charge in [0, 0.05) is 26.1 Å². The Bertz CT molecular complexity index is 304. The summed E-state index contributed by atoms with van der Waals surface area (Å²) in [7, 11) is 0. The second-order valence-corrected chi connectivity index (χ2v) is 5.13. The predicted molar refractivity (Wildman–Crippen MR) is 60.1 cm³/mol. The molecule has 0 spiro atoms. The van der Waals surface area contributed by atoms with E-state index in [0.29, 0.717) is 38.9 Å². The number of likely N-dealkylation sites (tertiary alicyclic amines) is 1. The van der Waals surface area contributed by atoms with Gasteiger partial charge >= 0.3 is 0 Å². The summed E-state index contributed by atoms with van der Waals surface area (Å²) in [6.07, 6.45) is 1.87. The monoisotopic (exact) mass is 241 g/mol. The van der Waals surface area contributed by atoms with Crippen molar-refractivity contribution >= 4 is 11.8 Å². The van der Waals surface area contributed by atoms with Gasteiger partial charge in [0.05, 0.1) is 12.1 Å². The first kappa shape index (κ1) is 12.5. The number of carbonyl (C=O) groups is 2. The molecule has 5 heteroatoms. The molecule has 0 saturated carbocycles. The summed E-state index contributed by atoms with van der Waals surface area (Å²) in [6.45, 7) is 2.73. The molecule has 2 heterocycles. The normalized spacial score (nSPS) is 26.4. The predicted octanol–water partition coefficient (Wildman–Crippen LogP) is 0.313. The number of nitrogens with zero attached hydrogens (tertiary/aromatic N) is 1. The van der Waals surface area contributed by atoms with E-state index in [9.17, 15) is 14.7 Å². The molecule has 2 aliphatic rings. The van der Waals surface area contributed by atoms with Crippen molar-refractivity contribution in [1.82, 2.24) is 4.90 Å². The summed E-state index contributed by atoms with van der Waals surface area (Å²) in [4.78, 5) is 25.4. The summed E-state index contributed by atoms with van der Waals surface area (Å²) in [6, 6.07) is 0. The lowest BCUT2D eigenvalue weighted by Crippen LogP contribution is -2.61. The van der Waals surface area contributed by atoms with Crippen LogP contribution in [0.3, 0.4) is 0 Å².